The number of nitrogens with one attached hydrogen (secondary N) is 2. The van der Waals surface area contributed by atoms with Crippen molar-refractivity contribution in [2.24, 2.45) is 0 Å². The smallest absolute Gasteiger partial charge is 0.225 e. The third kappa shape index (κ3) is 6.67. The summed E-state index contributed by atoms with van der Waals surface area (Å²) in [6.45, 7) is 3.97. The molecule has 3 heterocycles. The minimum absolute atomic E-state index is 0.0238. The monoisotopic (exact) mass is 582 g/mol. The van der Waals surface area contributed by atoms with Gasteiger partial charge in [0.2, 0.25) is 11.8 Å². The Morgan fingerprint density at radius 2 is 1.90 bits per heavy atom. The predicted octanol–water partition coefficient (Wildman–Crippen LogP) is 3.71. The fourth-order valence-electron chi connectivity index (χ4n) is 4.53. The summed E-state index contributed by atoms with van der Waals surface area (Å²) >= 11 is 12.8. The molecule has 4 aromatic rings. The van der Waals surface area contributed by atoms with Crippen LogP contribution in [0.1, 0.15) is 35.8 Å². The number of H-pyrrole nitrogens is 1. The number of halogens is 2. The van der Waals surface area contributed by atoms with Gasteiger partial charge >= 0.3 is 0 Å². The fraction of sp³-hybridized carbons (Fsp3) is 0.333. The van der Waals surface area contributed by atoms with Gasteiger partial charge in [0.05, 0.1) is 31.4 Å². The average molecular weight is 583 g/mol. The topological polar surface area (TPSA) is 131 Å². The second-order valence-corrected chi connectivity index (χ2v) is 10.3. The van der Waals surface area contributed by atoms with Crippen LogP contribution >= 0.6 is 23.2 Å². The molecular formula is C27H28Cl2N8O3. The molecule has 1 atom stereocenters. The second kappa shape index (κ2) is 12.6. The number of nitrogens with zero attached hydrogens (tertiary/aromatic N) is 6. The van der Waals surface area contributed by atoms with Gasteiger partial charge < -0.3 is 19.9 Å². The van der Waals surface area contributed by atoms with E-state index in [9.17, 15) is 9.59 Å². The molecular weight excluding hydrogens is 555 g/mol. The minimum atomic E-state index is -0.710. The number of amides is 2. The van der Waals surface area contributed by atoms with Crippen LogP contribution in [-0.4, -0.2) is 73.2 Å². The van der Waals surface area contributed by atoms with Crippen molar-refractivity contribution in [2.75, 3.05) is 26.3 Å². The van der Waals surface area contributed by atoms with Gasteiger partial charge in [0.25, 0.3) is 0 Å². The number of benzene rings is 2. The Morgan fingerprint density at radius 3 is 2.62 bits per heavy atom. The third-order valence-electron chi connectivity index (χ3n) is 6.67. The Labute approximate surface area is 240 Å². The molecule has 1 fully saturated rings. The van der Waals surface area contributed by atoms with Crippen molar-refractivity contribution in [3.05, 3.63) is 75.9 Å². The molecule has 0 unspecified atom stereocenters. The number of tetrazole rings is 1. The number of imidazole rings is 1. The Hall–Kier alpha value is -3.80. The van der Waals surface area contributed by atoms with Crippen LogP contribution in [0.2, 0.25) is 10.2 Å². The molecule has 0 bridgehead atoms. The van der Waals surface area contributed by atoms with Crippen molar-refractivity contribution in [3.8, 4) is 16.9 Å². The van der Waals surface area contributed by atoms with E-state index in [2.05, 4.69) is 25.8 Å². The molecule has 1 saturated heterocycles. The summed E-state index contributed by atoms with van der Waals surface area (Å²) in [6.07, 6.45) is 2.01. The number of morpholine rings is 1. The standard InChI is InChI=1S/C27H28Cl2N8O3/c1-17-2-4-18(5-3-17)25-26(29)33-27(32-25)21(15-24(39)36-10-12-40-13-11-36)31-23(38)9-6-19-14-20(28)7-8-22(19)37-16-30-34-35-37/h2-5,7-8,14,16,21H,6,9-13,15H2,1H3,(H,31,38)(H,32,33)/t21-/m0/s1. The first-order valence-electron chi connectivity index (χ1n) is 12.9. The van der Waals surface area contributed by atoms with E-state index in [4.69, 9.17) is 32.9 Å². The number of ether oxygens (including phenoxy) is 1. The maximum Gasteiger partial charge on any atom is 0.225 e. The van der Waals surface area contributed by atoms with Gasteiger partial charge in [-0.1, -0.05) is 53.0 Å². The number of rotatable bonds is 9. The summed E-state index contributed by atoms with van der Waals surface area (Å²) in [6, 6.07) is 12.4. The highest BCUT2D eigenvalue weighted by atomic mass is 35.5. The molecule has 11 nitrogen and oxygen atoms in total. The van der Waals surface area contributed by atoms with E-state index in [1.54, 1.807) is 23.1 Å². The lowest BCUT2D eigenvalue weighted by atomic mass is 10.1. The SMILES string of the molecule is Cc1ccc(-c2nc([C@H](CC(=O)N3CCOCC3)NC(=O)CCc3cc(Cl)ccc3-n3cnnn3)[nH]c2Cl)cc1. The summed E-state index contributed by atoms with van der Waals surface area (Å²) in [5, 5.41) is 15.2. The van der Waals surface area contributed by atoms with Crippen LogP contribution in [0.15, 0.2) is 48.8 Å². The maximum atomic E-state index is 13.2. The van der Waals surface area contributed by atoms with Crippen LogP contribution in [-0.2, 0) is 20.7 Å². The molecule has 0 radical (unpaired) electrons. The zero-order chi connectivity index (χ0) is 28.1. The van der Waals surface area contributed by atoms with Crippen LogP contribution in [0.4, 0.5) is 0 Å². The summed E-state index contributed by atoms with van der Waals surface area (Å²) in [7, 11) is 0. The molecule has 2 amide bonds. The van der Waals surface area contributed by atoms with E-state index in [1.165, 1.54) is 11.0 Å². The van der Waals surface area contributed by atoms with Crippen LogP contribution in [0.3, 0.4) is 0 Å². The molecule has 2 aromatic heterocycles. The zero-order valence-corrected chi connectivity index (χ0v) is 23.3. The molecule has 2 N–H and O–H groups in total. The largest absolute Gasteiger partial charge is 0.378 e. The van der Waals surface area contributed by atoms with E-state index in [0.717, 1.165) is 22.4 Å². The normalized spacial score (nSPS) is 14.2. The highest BCUT2D eigenvalue weighted by Gasteiger charge is 2.27. The first-order valence-corrected chi connectivity index (χ1v) is 13.6. The number of hydrogen-bond donors (Lipinski definition) is 2. The van der Waals surface area contributed by atoms with Crippen molar-refractivity contribution in [1.82, 2.24) is 40.4 Å². The van der Waals surface area contributed by atoms with Gasteiger partial charge in [0, 0.05) is 30.1 Å². The van der Waals surface area contributed by atoms with Crippen molar-refractivity contribution >= 4 is 35.0 Å². The highest BCUT2D eigenvalue weighted by Crippen LogP contribution is 2.29. The Morgan fingerprint density at radius 1 is 1.12 bits per heavy atom. The highest BCUT2D eigenvalue weighted by molar-refractivity contribution is 6.32. The molecule has 5 rings (SSSR count). The van der Waals surface area contributed by atoms with Gasteiger partial charge in [0.15, 0.2) is 0 Å². The van der Waals surface area contributed by atoms with Gasteiger partial charge in [-0.15, -0.1) is 5.10 Å². The van der Waals surface area contributed by atoms with Crippen molar-refractivity contribution in [3.63, 3.8) is 0 Å². The van der Waals surface area contributed by atoms with Crippen LogP contribution in [0.5, 0.6) is 0 Å². The quantitative estimate of drug-likeness (QED) is 0.307. The van der Waals surface area contributed by atoms with E-state index in [0.29, 0.717) is 54.4 Å². The average Bonchev–Trinajstić information content (AvgIpc) is 3.63. The van der Waals surface area contributed by atoms with Crippen LogP contribution in [0, 0.1) is 6.92 Å². The lowest BCUT2D eigenvalue weighted by molar-refractivity contribution is -0.136. The minimum Gasteiger partial charge on any atom is -0.378 e. The Kier molecular flexibility index (Phi) is 8.73. The van der Waals surface area contributed by atoms with Gasteiger partial charge in [-0.3, -0.25) is 9.59 Å². The maximum absolute atomic E-state index is 13.2. The first-order chi connectivity index (χ1) is 19.4. The second-order valence-electron chi connectivity index (χ2n) is 9.50. The predicted molar refractivity (Wildman–Crippen MR) is 149 cm³/mol. The molecule has 40 heavy (non-hydrogen) atoms. The molecule has 1 aliphatic heterocycles. The number of carbonyl (C=O) groups is 2. The lowest BCUT2D eigenvalue weighted by Gasteiger charge is -2.28. The number of carbonyl (C=O) groups excluding carboxylic acids is 2. The summed E-state index contributed by atoms with van der Waals surface area (Å²) < 4.78 is 6.89. The summed E-state index contributed by atoms with van der Waals surface area (Å²) in [5.74, 6) is 0.0494. The van der Waals surface area contributed by atoms with Gasteiger partial charge in [-0.05, 0) is 47.5 Å². The van der Waals surface area contributed by atoms with Crippen molar-refractivity contribution < 1.29 is 14.3 Å². The number of aromatic nitrogens is 6. The lowest BCUT2D eigenvalue weighted by Crippen LogP contribution is -2.42. The molecule has 2 aromatic carbocycles. The molecule has 13 heteroatoms. The molecule has 0 spiro atoms. The molecule has 0 aliphatic carbocycles. The molecule has 1 aliphatic rings. The summed E-state index contributed by atoms with van der Waals surface area (Å²) in [5.41, 5.74) is 4.03. The molecule has 0 saturated carbocycles. The zero-order valence-electron chi connectivity index (χ0n) is 21.8. The van der Waals surface area contributed by atoms with E-state index in [1.807, 2.05) is 31.2 Å². The van der Waals surface area contributed by atoms with E-state index < -0.39 is 6.04 Å². The van der Waals surface area contributed by atoms with Gasteiger partial charge in [-0.2, -0.15) is 0 Å². The van der Waals surface area contributed by atoms with Crippen LogP contribution < -0.4 is 5.32 Å². The van der Waals surface area contributed by atoms with E-state index >= 15 is 0 Å². The van der Waals surface area contributed by atoms with E-state index in [-0.39, 0.29) is 24.7 Å². The number of aryl methyl sites for hydroxylation is 2. The summed E-state index contributed by atoms with van der Waals surface area (Å²) in [4.78, 5) is 35.9. The van der Waals surface area contributed by atoms with Crippen molar-refractivity contribution in [1.29, 1.82) is 0 Å². The van der Waals surface area contributed by atoms with Crippen molar-refractivity contribution in [2.45, 2.75) is 32.2 Å². The van der Waals surface area contributed by atoms with Crippen LogP contribution in [0.25, 0.3) is 16.9 Å². The molecule has 208 valence electrons. The third-order valence-corrected chi connectivity index (χ3v) is 7.18. The first kappa shape index (κ1) is 27.8. The fourth-order valence-corrected chi connectivity index (χ4v) is 4.98. The number of hydrogen-bond acceptors (Lipinski definition) is 7. The Balaban J connectivity index is 1.35. The Bertz CT molecular complexity index is 1470. The number of aromatic amines is 1. The van der Waals surface area contributed by atoms with Gasteiger partial charge in [-0.25, -0.2) is 9.67 Å². The van der Waals surface area contributed by atoms with Gasteiger partial charge in [0.1, 0.15) is 23.0 Å².